The second kappa shape index (κ2) is 4.85. The largest absolute Gasteiger partial charge is 0.433 e. The van der Waals surface area contributed by atoms with Crippen molar-refractivity contribution in [3.8, 4) is 0 Å². The lowest BCUT2D eigenvalue weighted by atomic mass is 10.1. The molecule has 0 saturated heterocycles. The van der Waals surface area contributed by atoms with Crippen molar-refractivity contribution in [2.24, 2.45) is 0 Å². The summed E-state index contributed by atoms with van der Waals surface area (Å²) in [5.74, 6) is 0.948. The molecule has 0 amide bonds. The Bertz CT molecular complexity index is 579. The lowest BCUT2D eigenvalue weighted by molar-refractivity contribution is -0.402. The van der Waals surface area contributed by atoms with E-state index in [0.717, 1.165) is 6.42 Å². The van der Waals surface area contributed by atoms with Crippen molar-refractivity contribution in [2.45, 2.75) is 24.9 Å². The molecular formula is C14H14N2O3. The van der Waals surface area contributed by atoms with E-state index in [1.165, 1.54) is 11.6 Å². The number of rotatable bonds is 5. The van der Waals surface area contributed by atoms with E-state index in [2.05, 4.69) is 17.4 Å². The third kappa shape index (κ3) is 2.66. The number of nitro groups is 1. The SMILES string of the molecule is O=[N+]([O-])c1ccc(CNC2CC2c2ccccc2)o1. The van der Waals surface area contributed by atoms with Gasteiger partial charge >= 0.3 is 5.88 Å². The second-order valence-corrected chi connectivity index (χ2v) is 4.74. The van der Waals surface area contributed by atoms with Gasteiger partial charge in [-0.3, -0.25) is 10.1 Å². The number of nitrogens with zero attached hydrogens (tertiary/aromatic N) is 1. The minimum absolute atomic E-state index is 0.202. The highest BCUT2D eigenvalue weighted by molar-refractivity contribution is 5.27. The molecule has 19 heavy (non-hydrogen) atoms. The van der Waals surface area contributed by atoms with Crippen molar-refractivity contribution in [2.75, 3.05) is 0 Å². The summed E-state index contributed by atoms with van der Waals surface area (Å²) in [5.41, 5.74) is 1.34. The summed E-state index contributed by atoms with van der Waals surface area (Å²) in [5, 5.41) is 13.9. The molecule has 0 radical (unpaired) electrons. The molecular weight excluding hydrogens is 244 g/mol. The molecule has 2 unspecified atom stereocenters. The molecule has 1 N–H and O–H groups in total. The predicted molar refractivity (Wildman–Crippen MR) is 69.8 cm³/mol. The monoisotopic (exact) mass is 258 g/mol. The zero-order valence-corrected chi connectivity index (χ0v) is 10.3. The fourth-order valence-corrected chi connectivity index (χ4v) is 2.28. The topological polar surface area (TPSA) is 68.3 Å². The highest BCUT2D eigenvalue weighted by Crippen LogP contribution is 2.40. The van der Waals surface area contributed by atoms with Gasteiger partial charge in [0.1, 0.15) is 10.7 Å². The number of furan rings is 1. The molecule has 5 heteroatoms. The summed E-state index contributed by atoms with van der Waals surface area (Å²) in [6.45, 7) is 0.530. The minimum atomic E-state index is -0.520. The van der Waals surface area contributed by atoms with E-state index in [-0.39, 0.29) is 5.88 Å². The van der Waals surface area contributed by atoms with Gasteiger partial charge in [-0.1, -0.05) is 30.3 Å². The van der Waals surface area contributed by atoms with Crippen molar-refractivity contribution in [3.63, 3.8) is 0 Å². The molecule has 0 bridgehead atoms. The van der Waals surface area contributed by atoms with Crippen molar-refractivity contribution >= 4 is 5.88 Å². The molecule has 98 valence electrons. The Kier molecular flexibility index (Phi) is 3.05. The van der Waals surface area contributed by atoms with E-state index in [4.69, 9.17) is 4.42 Å². The second-order valence-electron chi connectivity index (χ2n) is 4.74. The van der Waals surface area contributed by atoms with E-state index in [0.29, 0.717) is 24.3 Å². The van der Waals surface area contributed by atoms with Crippen LogP contribution < -0.4 is 5.32 Å². The summed E-state index contributed by atoms with van der Waals surface area (Å²) in [7, 11) is 0. The lowest BCUT2D eigenvalue weighted by Crippen LogP contribution is -2.16. The Balaban J connectivity index is 1.53. The lowest BCUT2D eigenvalue weighted by Gasteiger charge is -2.01. The third-order valence-corrected chi connectivity index (χ3v) is 3.38. The summed E-state index contributed by atoms with van der Waals surface area (Å²) in [6.07, 6.45) is 1.10. The van der Waals surface area contributed by atoms with Crippen LogP contribution in [0.5, 0.6) is 0 Å². The van der Waals surface area contributed by atoms with E-state index < -0.39 is 4.92 Å². The van der Waals surface area contributed by atoms with Crippen LogP contribution in [0.2, 0.25) is 0 Å². The molecule has 1 heterocycles. The first-order valence-electron chi connectivity index (χ1n) is 6.25. The summed E-state index contributed by atoms with van der Waals surface area (Å²) in [4.78, 5) is 9.97. The third-order valence-electron chi connectivity index (χ3n) is 3.38. The number of hydrogen-bond donors (Lipinski definition) is 1. The van der Waals surface area contributed by atoms with Crippen LogP contribution in [0, 0.1) is 10.1 Å². The highest BCUT2D eigenvalue weighted by atomic mass is 16.6. The summed E-state index contributed by atoms with van der Waals surface area (Å²) in [6, 6.07) is 13.8. The number of benzene rings is 1. The van der Waals surface area contributed by atoms with Gasteiger partial charge in [0.05, 0.1) is 12.6 Å². The van der Waals surface area contributed by atoms with Crippen LogP contribution >= 0.6 is 0 Å². The normalized spacial score (nSPS) is 21.3. The molecule has 0 aliphatic heterocycles. The maximum atomic E-state index is 10.5. The van der Waals surface area contributed by atoms with Crippen molar-refractivity contribution < 1.29 is 9.34 Å². The first kappa shape index (κ1) is 11.9. The van der Waals surface area contributed by atoms with Crippen molar-refractivity contribution in [1.29, 1.82) is 0 Å². The van der Waals surface area contributed by atoms with Gasteiger partial charge in [-0.25, -0.2) is 0 Å². The zero-order chi connectivity index (χ0) is 13.2. The van der Waals surface area contributed by atoms with Crippen molar-refractivity contribution in [1.82, 2.24) is 5.32 Å². The van der Waals surface area contributed by atoms with Crippen molar-refractivity contribution in [3.05, 3.63) is 63.9 Å². The van der Waals surface area contributed by atoms with E-state index in [9.17, 15) is 10.1 Å². The first-order chi connectivity index (χ1) is 9.24. The molecule has 3 rings (SSSR count). The highest BCUT2D eigenvalue weighted by Gasteiger charge is 2.37. The minimum Gasteiger partial charge on any atom is -0.404 e. The Morgan fingerprint density at radius 2 is 2.05 bits per heavy atom. The molecule has 1 aromatic carbocycles. The van der Waals surface area contributed by atoms with Crippen LogP contribution in [0.1, 0.15) is 23.7 Å². The van der Waals surface area contributed by atoms with Gasteiger partial charge in [0, 0.05) is 12.0 Å². The first-order valence-corrected chi connectivity index (χ1v) is 6.25. The predicted octanol–water partition coefficient (Wildman–Crippen LogP) is 2.83. The molecule has 5 nitrogen and oxygen atoms in total. The molecule has 1 saturated carbocycles. The summed E-state index contributed by atoms with van der Waals surface area (Å²) < 4.78 is 5.10. The van der Waals surface area contributed by atoms with E-state index >= 15 is 0 Å². The fraction of sp³-hybridized carbons (Fsp3) is 0.286. The smallest absolute Gasteiger partial charge is 0.404 e. The van der Waals surface area contributed by atoms with Crippen LogP contribution in [-0.4, -0.2) is 11.0 Å². The molecule has 2 aromatic rings. The number of nitrogens with one attached hydrogen (secondary N) is 1. The zero-order valence-electron chi connectivity index (χ0n) is 10.3. The van der Waals surface area contributed by atoms with Crippen LogP contribution in [-0.2, 0) is 6.54 Å². The van der Waals surface area contributed by atoms with E-state index in [1.807, 2.05) is 18.2 Å². The molecule has 0 spiro atoms. The van der Waals surface area contributed by atoms with Crippen LogP contribution in [0.15, 0.2) is 46.9 Å². The average Bonchev–Trinajstić information content (AvgIpc) is 3.05. The maximum absolute atomic E-state index is 10.5. The van der Waals surface area contributed by atoms with Gasteiger partial charge in [0.25, 0.3) is 0 Å². The Labute approximate surface area is 110 Å². The van der Waals surface area contributed by atoms with E-state index in [1.54, 1.807) is 6.07 Å². The van der Waals surface area contributed by atoms with Gasteiger partial charge < -0.3 is 9.73 Å². The quantitative estimate of drug-likeness (QED) is 0.661. The molecule has 1 aromatic heterocycles. The Hall–Kier alpha value is -2.14. The van der Waals surface area contributed by atoms with Crippen LogP contribution in [0.4, 0.5) is 5.88 Å². The maximum Gasteiger partial charge on any atom is 0.433 e. The van der Waals surface area contributed by atoms with Crippen LogP contribution in [0.25, 0.3) is 0 Å². The van der Waals surface area contributed by atoms with Crippen LogP contribution in [0.3, 0.4) is 0 Å². The van der Waals surface area contributed by atoms with Gasteiger partial charge in [-0.15, -0.1) is 0 Å². The molecule has 1 fully saturated rings. The standard InChI is InChI=1S/C14H14N2O3/c17-16(18)14-7-6-11(19-14)9-15-13-8-12(13)10-4-2-1-3-5-10/h1-7,12-13,15H,8-9H2. The average molecular weight is 258 g/mol. The van der Waals surface area contributed by atoms with Gasteiger partial charge in [-0.05, 0) is 18.1 Å². The molecule has 1 aliphatic rings. The Morgan fingerprint density at radius 3 is 2.74 bits per heavy atom. The molecule has 2 atom stereocenters. The van der Waals surface area contributed by atoms with Gasteiger partial charge in [0.2, 0.25) is 0 Å². The number of hydrogen-bond acceptors (Lipinski definition) is 4. The fourth-order valence-electron chi connectivity index (χ4n) is 2.28. The Morgan fingerprint density at radius 1 is 1.26 bits per heavy atom. The van der Waals surface area contributed by atoms with Gasteiger partial charge in [0.15, 0.2) is 0 Å². The summed E-state index contributed by atoms with van der Waals surface area (Å²) >= 11 is 0. The molecule has 1 aliphatic carbocycles. The van der Waals surface area contributed by atoms with Gasteiger partial charge in [-0.2, -0.15) is 0 Å².